The highest BCUT2D eigenvalue weighted by Crippen LogP contribution is 2.47. The van der Waals surface area contributed by atoms with Crippen LogP contribution in [0, 0.1) is 11.3 Å². The van der Waals surface area contributed by atoms with Gasteiger partial charge in [0.25, 0.3) is 0 Å². The number of benzene rings is 2. The summed E-state index contributed by atoms with van der Waals surface area (Å²) in [5, 5.41) is 0.593. The maximum atomic E-state index is 13.3. The first-order valence-electron chi connectivity index (χ1n) is 11.3. The number of methoxy groups -OCH3 is 1. The second kappa shape index (κ2) is 9.55. The molecule has 2 aromatic rings. The minimum absolute atomic E-state index is 0.0283. The van der Waals surface area contributed by atoms with Crippen molar-refractivity contribution in [2.24, 2.45) is 11.3 Å². The van der Waals surface area contributed by atoms with Gasteiger partial charge in [-0.1, -0.05) is 37.0 Å². The lowest BCUT2D eigenvalue weighted by Gasteiger charge is -2.52. The van der Waals surface area contributed by atoms with Gasteiger partial charge in [-0.25, -0.2) is 0 Å². The predicted molar refractivity (Wildman–Crippen MR) is 130 cm³/mol. The Labute approximate surface area is 205 Å². The third kappa shape index (κ3) is 4.71. The van der Waals surface area contributed by atoms with Gasteiger partial charge in [-0.15, -0.1) is 0 Å². The molecule has 5 nitrogen and oxygen atoms in total. The number of ether oxygens (including phenoxy) is 2. The average Bonchev–Trinajstić information content (AvgIpc) is 2.79. The van der Waals surface area contributed by atoms with Crippen molar-refractivity contribution in [3.8, 4) is 17.2 Å². The first kappa shape index (κ1) is 23.9. The Morgan fingerprint density at radius 3 is 2.45 bits per heavy atom. The molecule has 1 heterocycles. The van der Waals surface area contributed by atoms with Crippen molar-refractivity contribution in [3.63, 3.8) is 0 Å². The summed E-state index contributed by atoms with van der Waals surface area (Å²) in [4.78, 5) is 26.0. The molecule has 0 bridgehead atoms. The zero-order chi connectivity index (χ0) is 23.8. The molecule has 1 spiro atoms. The molecule has 176 valence electrons. The Morgan fingerprint density at radius 2 is 1.85 bits per heavy atom. The number of ketones is 1. The molecule has 1 saturated heterocycles. The summed E-state index contributed by atoms with van der Waals surface area (Å²) in [6.07, 6.45) is 4.41. The second-order valence-electron chi connectivity index (χ2n) is 9.55. The maximum absolute atomic E-state index is 13.3. The lowest BCUT2D eigenvalue weighted by molar-refractivity contribution is -0.131. The standard InChI is InChI=1S/C26H29Cl2NO4/c1-16(2)20-12-18(4-7-22(20)32-3)33-25-21(27)6-5-19(23(25)28)24(31)17-8-10-26(11-9-17)13-29(14-26)15-30/h4-7,12,15-17H,8-11,13-14H2,1-3H3. The van der Waals surface area contributed by atoms with E-state index in [2.05, 4.69) is 13.8 Å². The summed E-state index contributed by atoms with van der Waals surface area (Å²) in [5.41, 5.74) is 1.64. The molecule has 2 fully saturated rings. The monoisotopic (exact) mass is 489 g/mol. The van der Waals surface area contributed by atoms with Crippen molar-refractivity contribution < 1.29 is 19.1 Å². The minimum Gasteiger partial charge on any atom is -0.496 e. The highest BCUT2D eigenvalue weighted by atomic mass is 35.5. The van der Waals surface area contributed by atoms with Crippen LogP contribution in [0.5, 0.6) is 17.2 Å². The number of carbonyl (C=O) groups is 2. The predicted octanol–water partition coefficient (Wildman–Crippen LogP) is 6.75. The van der Waals surface area contributed by atoms with Gasteiger partial charge in [-0.3, -0.25) is 9.59 Å². The van der Waals surface area contributed by atoms with Gasteiger partial charge >= 0.3 is 0 Å². The van der Waals surface area contributed by atoms with Crippen LogP contribution in [0.15, 0.2) is 30.3 Å². The van der Waals surface area contributed by atoms with Gasteiger partial charge in [0.2, 0.25) is 6.41 Å². The SMILES string of the molecule is COc1ccc(Oc2c(Cl)ccc(C(=O)C3CCC4(CC3)CN(C=O)C4)c2Cl)cc1C(C)C. The van der Waals surface area contributed by atoms with Crippen LogP contribution in [0.1, 0.15) is 61.4 Å². The minimum atomic E-state index is -0.0824. The Hall–Kier alpha value is -2.24. The van der Waals surface area contributed by atoms with Crippen LogP contribution in [0.2, 0.25) is 10.0 Å². The molecular weight excluding hydrogens is 461 g/mol. The first-order chi connectivity index (χ1) is 15.8. The first-order valence-corrected chi connectivity index (χ1v) is 12.1. The van der Waals surface area contributed by atoms with E-state index in [1.54, 1.807) is 30.2 Å². The molecule has 1 saturated carbocycles. The number of rotatable bonds is 7. The van der Waals surface area contributed by atoms with Gasteiger partial charge in [0, 0.05) is 35.5 Å². The highest BCUT2D eigenvalue weighted by Gasteiger charge is 2.45. The zero-order valence-corrected chi connectivity index (χ0v) is 20.7. The van der Waals surface area contributed by atoms with E-state index in [1.165, 1.54) is 0 Å². The van der Waals surface area contributed by atoms with Gasteiger partial charge in [0.1, 0.15) is 11.5 Å². The van der Waals surface area contributed by atoms with Crippen molar-refractivity contribution in [3.05, 3.63) is 51.5 Å². The summed E-state index contributed by atoms with van der Waals surface area (Å²) >= 11 is 13.1. The van der Waals surface area contributed by atoms with E-state index in [-0.39, 0.29) is 33.8 Å². The van der Waals surface area contributed by atoms with Crippen molar-refractivity contribution in [2.75, 3.05) is 20.2 Å². The van der Waals surface area contributed by atoms with E-state index >= 15 is 0 Å². The summed E-state index contributed by atoms with van der Waals surface area (Å²) < 4.78 is 11.5. The summed E-state index contributed by atoms with van der Waals surface area (Å²) in [6, 6.07) is 8.92. The topological polar surface area (TPSA) is 55.8 Å². The molecule has 0 aromatic heterocycles. The van der Waals surface area contributed by atoms with Crippen LogP contribution < -0.4 is 9.47 Å². The quantitative estimate of drug-likeness (QED) is 0.318. The molecule has 0 unspecified atom stereocenters. The molecule has 7 heteroatoms. The number of likely N-dealkylation sites (tertiary alicyclic amines) is 1. The molecule has 0 radical (unpaired) electrons. The summed E-state index contributed by atoms with van der Waals surface area (Å²) in [6.45, 7) is 5.76. The third-order valence-electron chi connectivity index (χ3n) is 7.00. The van der Waals surface area contributed by atoms with Crippen molar-refractivity contribution in [1.82, 2.24) is 4.90 Å². The Bertz CT molecular complexity index is 1050. The molecule has 1 aliphatic carbocycles. The molecule has 0 atom stereocenters. The van der Waals surface area contributed by atoms with E-state index in [9.17, 15) is 9.59 Å². The number of halogens is 2. The normalized spacial score (nSPS) is 17.7. The van der Waals surface area contributed by atoms with Gasteiger partial charge in [-0.2, -0.15) is 0 Å². The number of nitrogens with zero attached hydrogens (tertiary/aromatic N) is 1. The van der Waals surface area contributed by atoms with E-state index in [0.717, 1.165) is 56.5 Å². The van der Waals surface area contributed by atoms with Crippen LogP contribution in [-0.4, -0.2) is 37.3 Å². The molecule has 4 rings (SSSR count). The lowest BCUT2D eigenvalue weighted by Crippen LogP contribution is -2.57. The largest absolute Gasteiger partial charge is 0.496 e. The number of hydrogen-bond donors (Lipinski definition) is 0. The fourth-order valence-corrected chi connectivity index (χ4v) is 5.62. The van der Waals surface area contributed by atoms with Crippen LogP contribution in [0.25, 0.3) is 0 Å². The van der Waals surface area contributed by atoms with E-state index < -0.39 is 0 Å². The van der Waals surface area contributed by atoms with Crippen LogP contribution in [-0.2, 0) is 4.79 Å². The molecule has 2 aliphatic rings. The van der Waals surface area contributed by atoms with Crippen LogP contribution in [0.3, 0.4) is 0 Å². The van der Waals surface area contributed by atoms with Crippen molar-refractivity contribution in [1.29, 1.82) is 0 Å². The molecule has 2 aromatic carbocycles. The maximum Gasteiger partial charge on any atom is 0.209 e. The van der Waals surface area contributed by atoms with Gasteiger partial charge in [-0.05, 0) is 61.9 Å². The Morgan fingerprint density at radius 1 is 1.15 bits per heavy atom. The Balaban J connectivity index is 1.52. The highest BCUT2D eigenvalue weighted by molar-refractivity contribution is 6.39. The smallest absolute Gasteiger partial charge is 0.209 e. The summed E-state index contributed by atoms with van der Waals surface area (Å²) in [7, 11) is 1.64. The average molecular weight is 490 g/mol. The van der Waals surface area contributed by atoms with Gasteiger partial charge < -0.3 is 14.4 Å². The second-order valence-corrected chi connectivity index (χ2v) is 10.3. The summed E-state index contributed by atoms with van der Waals surface area (Å²) in [5.74, 6) is 1.85. The van der Waals surface area contributed by atoms with Crippen LogP contribution in [0.4, 0.5) is 0 Å². The molecular formula is C26H29Cl2NO4. The Kier molecular flexibility index (Phi) is 6.92. The van der Waals surface area contributed by atoms with Gasteiger partial charge in [0.15, 0.2) is 11.5 Å². The number of carbonyl (C=O) groups excluding carboxylic acids is 2. The molecule has 1 amide bonds. The fourth-order valence-electron chi connectivity index (χ4n) is 5.08. The fraction of sp³-hybridized carbons (Fsp3) is 0.462. The molecule has 1 aliphatic heterocycles. The third-order valence-corrected chi connectivity index (χ3v) is 7.67. The van der Waals surface area contributed by atoms with Crippen molar-refractivity contribution >= 4 is 35.4 Å². The lowest BCUT2D eigenvalue weighted by atomic mass is 9.65. The number of hydrogen-bond acceptors (Lipinski definition) is 4. The van der Waals surface area contributed by atoms with E-state index in [1.807, 2.05) is 12.1 Å². The number of amides is 1. The van der Waals surface area contributed by atoms with Crippen molar-refractivity contribution in [2.45, 2.75) is 45.4 Å². The zero-order valence-electron chi connectivity index (χ0n) is 19.2. The molecule has 33 heavy (non-hydrogen) atoms. The van der Waals surface area contributed by atoms with Crippen LogP contribution >= 0.6 is 23.2 Å². The van der Waals surface area contributed by atoms with Gasteiger partial charge in [0.05, 0.1) is 17.2 Å². The number of Topliss-reactive ketones (excluding diaryl/α,β-unsaturated/α-hetero) is 1. The van der Waals surface area contributed by atoms with E-state index in [0.29, 0.717) is 16.3 Å². The molecule has 0 N–H and O–H groups in total. The van der Waals surface area contributed by atoms with E-state index in [4.69, 9.17) is 32.7 Å².